The molecule has 2 aromatic rings. The number of nitrogens with one attached hydrogen (secondary N) is 13. The average Bonchev–Trinajstić information content (AvgIpc) is 1.47. The van der Waals surface area contributed by atoms with Crippen molar-refractivity contribution in [1.29, 1.82) is 0 Å². The summed E-state index contributed by atoms with van der Waals surface area (Å²) >= 11 is 0. The highest BCUT2D eigenvalue weighted by Gasteiger charge is 2.44. The summed E-state index contributed by atoms with van der Waals surface area (Å²) in [5.74, 6) is -29.0. The second-order valence-corrected chi connectivity index (χ2v) is 28.3. The first-order valence-electron chi connectivity index (χ1n) is 36.8. The first-order chi connectivity index (χ1) is 53.5. The third-order valence-electron chi connectivity index (χ3n) is 18.1. The standard InChI is InChI=1S/C71H108N16O27/c1-33(2)18-12-10-11-13-22-46(89)77-43(27-38-29-74-40-20-15-14-19-39(38)40)63(103)80-42(23-24-49(92)93)62(102)85-55(57(98)59(73)99)68(108)84-54-37(7)114-71(112)52(34(3)4)82-67(107)53(35(5)26-50(94)95)83-65(105)45(32-88)78-47(90)30-75-66(106)56(58(113-9)70(110)111)86-61(101)41(21-16-17-25-72)79-64(104)44(28-51(96)97)81-60(100)36(6)76-48(91)31-87(8)69(54)109/h14-15,19-20,29,33-37,41-45,52-58,74,88,98H,10-13,16-18,21-28,30-32,72H2,1-9H3,(H2,73,99)(H,75,106)(H,76,91)(H,77,89)(H,78,90)(H,79,104)(H,80,103)(H,81,100)(H,82,107)(H,83,105)(H,84,108)(H,85,102)(H,86,101)(H,92,93)(H,94,95)(H,96,97)(H,110,111). The lowest BCUT2D eigenvalue weighted by Crippen LogP contribution is -2.64. The number of carbonyl (C=O) groups excluding carboxylic acids is 15. The second-order valence-electron chi connectivity index (χ2n) is 28.3. The number of H-pyrrole nitrogens is 1. The summed E-state index contributed by atoms with van der Waals surface area (Å²) in [6.45, 7) is 6.32. The number of methoxy groups -OCH3 is 1. The van der Waals surface area contributed by atoms with Crippen molar-refractivity contribution in [3.63, 3.8) is 0 Å². The number of benzene rings is 1. The van der Waals surface area contributed by atoms with Crippen molar-refractivity contribution < 1.29 is 131 Å². The van der Waals surface area contributed by atoms with Crippen molar-refractivity contribution in [3.05, 3.63) is 36.0 Å². The number of cyclic esters (lactones) is 1. The molecule has 3 rings (SSSR count). The van der Waals surface area contributed by atoms with Crippen LogP contribution in [0.5, 0.6) is 0 Å². The molecule has 0 radical (unpaired) electrons. The maximum Gasteiger partial charge on any atom is 0.335 e. The molecule has 1 aliphatic rings. The summed E-state index contributed by atoms with van der Waals surface area (Å²) in [7, 11) is 1.71. The van der Waals surface area contributed by atoms with Crippen molar-refractivity contribution in [3.8, 4) is 0 Å². The number of ether oxygens (including phenoxy) is 2. The number of hydrogen-bond donors (Lipinski definition) is 21. The molecule has 15 atom stereocenters. The molecule has 634 valence electrons. The number of aromatic nitrogens is 1. The highest BCUT2D eigenvalue weighted by molar-refractivity contribution is 6.02. The van der Waals surface area contributed by atoms with Gasteiger partial charge in [-0.2, -0.15) is 0 Å². The van der Waals surface area contributed by atoms with E-state index in [1.165, 1.54) is 13.8 Å². The molecule has 23 N–H and O–H groups in total. The average molecular weight is 1620 g/mol. The molecule has 1 aliphatic heterocycles. The van der Waals surface area contributed by atoms with Crippen molar-refractivity contribution in [1.82, 2.24) is 73.7 Å². The molecule has 114 heavy (non-hydrogen) atoms. The summed E-state index contributed by atoms with van der Waals surface area (Å²) in [5.41, 5.74) is 12.3. The van der Waals surface area contributed by atoms with Crippen LogP contribution in [0.3, 0.4) is 0 Å². The maximum atomic E-state index is 14.9. The van der Waals surface area contributed by atoms with Gasteiger partial charge in [0.25, 0.3) is 0 Å². The van der Waals surface area contributed by atoms with E-state index in [1.54, 1.807) is 30.5 Å². The molecule has 1 fully saturated rings. The molecule has 1 aromatic heterocycles. The zero-order valence-electron chi connectivity index (χ0n) is 64.8. The van der Waals surface area contributed by atoms with Crippen LogP contribution in [-0.4, -0.2) is 278 Å². The number of likely N-dealkylation sites (N-methyl/N-ethyl adjacent to an activating group) is 1. The van der Waals surface area contributed by atoms with Gasteiger partial charge in [0.15, 0.2) is 12.2 Å². The minimum atomic E-state index is -2.79. The lowest BCUT2D eigenvalue weighted by molar-refractivity contribution is -0.159. The van der Waals surface area contributed by atoms with Gasteiger partial charge in [-0.05, 0) is 81.9 Å². The lowest BCUT2D eigenvalue weighted by atomic mass is 9.95. The molecule has 0 spiro atoms. The third-order valence-corrected chi connectivity index (χ3v) is 18.1. The summed E-state index contributed by atoms with van der Waals surface area (Å²) < 4.78 is 10.7. The van der Waals surface area contributed by atoms with Crippen LogP contribution >= 0.6 is 0 Å². The Balaban J connectivity index is 2.25. The molecule has 43 nitrogen and oxygen atoms in total. The Morgan fingerprint density at radius 1 is 0.640 bits per heavy atom. The zero-order valence-corrected chi connectivity index (χ0v) is 64.8. The van der Waals surface area contributed by atoms with Gasteiger partial charge in [0.2, 0.25) is 82.7 Å². The van der Waals surface area contributed by atoms with Crippen LogP contribution < -0.4 is 75.3 Å². The van der Waals surface area contributed by atoms with E-state index in [0.29, 0.717) is 40.1 Å². The first-order valence-corrected chi connectivity index (χ1v) is 36.8. The molecule has 0 aliphatic carbocycles. The number of carboxylic acids is 4. The predicted molar refractivity (Wildman–Crippen MR) is 397 cm³/mol. The van der Waals surface area contributed by atoms with Crippen LogP contribution in [0.25, 0.3) is 10.9 Å². The van der Waals surface area contributed by atoms with Crippen LogP contribution in [0.4, 0.5) is 0 Å². The third kappa shape index (κ3) is 32.0. The highest BCUT2D eigenvalue weighted by atomic mass is 16.5. The lowest BCUT2D eigenvalue weighted by Gasteiger charge is -2.32. The summed E-state index contributed by atoms with van der Waals surface area (Å²) in [5, 5.41) is 88.4. The fourth-order valence-corrected chi connectivity index (χ4v) is 11.7. The summed E-state index contributed by atoms with van der Waals surface area (Å²) in [6, 6.07) is -15.5. The molecule has 43 heteroatoms. The minimum Gasteiger partial charge on any atom is -0.481 e. The quantitative estimate of drug-likeness (QED) is 0.0225. The van der Waals surface area contributed by atoms with Crippen LogP contribution in [0.15, 0.2) is 30.5 Å². The van der Waals surface area contributed by atoms with E-state index >= 15 is 0 Å². The highest BCUT2D eigenvalue weighted by Crippen LogP contribution is 2.21. The fraction of sp³-hybridized carbons (Fsp3) is 0.620. The van der Waals surface area contributed by atoms with Gasteiger partial charge in [0.1, 0.15) is 72.6 Å². The minimum absolute atomic E-state index is 0.0176. The Morgan fingerprint density at radius 2 is 1.25 bits per heavy atom. The molecular formula is C71H108N16O27. The Hall–Kier alpha value is -11.5. The topological polar surface area (TPSA) is 680 Å². The van der Waals surface area contributed by atoms with E-state index in [9.17, 15) is 122 Å². The van der Waals surface area contributed by atoms with Gasteiger partial charge in [-0.1, -0.05) is 78.5 Å². The zero-order chi connectivity index (χ0) is 86.0. The van der Waals surface area contributed by atoms with Gasteiger partial charge in [-0.25, -0.2) is 9.59 Å². The Bertz CT molecular complexity index is 3760. The first kappa shape index (κ1) is 96.7. The number of aromatic amines is 1. The van der Waals surface area contributed by atoms with E-state index in [1.807, 2.05) is 16.0 Å². The number of primary amides is 1. The molecule has 14 amide bonds. The number of rotatable bonds is 35. The van der Waals surface area contributed by atoms with Gasteiger partial charge < -0.3 is 125 Å². The number of nitrogens with zero attached hydrogens (tertiary/aromatic N) is 1. The van der Waals surface area contributed by atoms with Crippen molar-refractivity contribution in [2.75, 3.05) is 40.4 Å². The van der Waals surface area contributed by atoms with E-state index in [2.05, 4.69) is 66.7 Å². The monoisotopic (exact) mass is 1620 g/mol. The van der Waals surface area contributed by atoms with Crippen molar-refractivity contribution in [2.45, 2.75) is 223 Å². The van der Waals surface area contributed by atoms with Gasteiger partial charge in [-0.3, -0.25) is 81.5 Å². The van der Waals surface area contributed by atoms with Crippen molar-refractivity contribution in [2.24, 2.45) is 29.2 Å². The molecule has 2 heterocycles. The number of amides is 14. The SMILES string of the molecule is COC(C(=O)O)C1NC(=O)C(CCCCN)NC(=O)C(CC(=O)O)NC(=O)C(C)NC(=O)CN(C)C(=O)C(NC(=O)C(NC(=O)C(CCC(=O)O)NC(=O)C(Cc2c[nH]c3ccccc23)NC(=O)CCCCCCC(C)C)C(O)C(N)=O)C(C)OC(=O)C(C(C)C)NC(=O)C(C(C)CC(=O)O)NC(=O)C(CO)NC(=O)CNC1=O. The van der Waals surface area contributed by atoms with E-state index in [4.69, 9.17) is 20.9 Å². The van der Waals surface area contributed by atoms with Gasteiger partial charge in [0.05, 0.1) is 32.5 Å². The number of nitrogens with two attached hydrogens (primary N) is 2. The van der Waals surface area contributed by atoms with E-state index in [0.717, 1.165) is 54.2 Å². The van der Waals surface area contributed by atoms with Crippen LogP contribution in [0, 0.1) is 17.8 Å². The molecular weight excluding hydrogens is 1510 g/mol. The summed E-state index contributed by atoms with van der Waals surface area (Å²) in [4.78, 5) is 264. The number of aliphatic carboxylic acids is 4. The number of fused-ring (bicyclic) bond motifs is 1. The maximum absolute atomic E-state index is 14.9. The number of aliphatic hydroxyl groups excluding tert-OH is 2. The van der Waals surface area contributed by atoms with Gasteiger partial charge >= 0.3 is 29.8 Å². The van der Waals surface area contributed by atoms with Crippen LogP contribution in [0.2, 0.25) is 0 Å². The molecule has 0 bridgehead atoms. The van der Waals surface area contributed by atoms with Crippen LogP contribution in [-0.2, 0) is 107 Å². The van der Waals surface area contributed by atoms with Crippen LogP contribution in [0.1, 0.15) is 138 Å². The number of para-hydroxylation sites is 1. The number of esters is 1. The Kier molecular flexibility index (Phi) is 40.5. The molecule has 1 aromatic carbocycles. The van der Waals surface area contributed by atoms with E-state index in [-0.39, 0.29) is 38.6 Å². The Morgan fingerprint density at radius 3 is 1.85 bits per heavy atom. The van der Waals surface area contributed by atoms with Gasteiger partial charge in [0, 0.05) is 50.5 Å². The number of hydrogen-bond acceptors (Lipinski definition) is 24. The predicted octanol–water partition coefficient (Wildman–Crippen LogP) is -6.25. The normalized spacial score (nSPS) is 22.1. The largest absolute Gasteiger partial charge is 0.481 e. The van der Waals surface area contributed by atoms with E-state index < -0.39 is 255 Å². The fourth-order valence-electron chi connectivity index (χ4n) is 11.7. The molecule has 0 saturated carbocycles. The van der Waals surface area contributed by atoms with Crippen molar-refractivity contribution >= 4 is 123 Å². The summed E-state index contributed by atoms with van der Waals surface area (Å²) in [6.07, 6.45) is -5.89. The number of unbranched alkanes of at least 4 members (excludes halogenated alkanes) is 4. The van der Waals surface area contributed by atoms with Gasteiger partial charge in [-0.15, -0.1) is 0 Å². The second kappa shape index (κ2) is 47.8. The Labute approximate surface area is 654 Å². The smallest absolute Gasteiger partial charge is 0.335 e. The number of carboxylic acid groups (broad SMARTS) is 4. The molecule has 15 unspecified atom stereocenters. The molecule has 1 saturated heterocycles. The number of carbonyl (C=O) groups is 19. The number of aliphatic hydroxyl groups is 2.